The molecule has 0 bridgehead atoms. The van der Waals surface area contributed by atoms with E-state index in [0.717, 1.165) is 6.34 Å². The predicted octanol–water partition coefficient (Wildman–Crippen LogP) is 1.19. The molecule has 0 spiro atoms. The molecule has 0 aromatic heterocycles. The highest BCUT2D eigenvalue weighted by atomic mass is 32.2. The fraction of sp³-hybridized carbons (Fsp3) is 0.429. The lowest BCUT2D eigenvalue weighted by Gasteiger charge is -2.11. The van der Waals surface area contributed by atoms with Crippen LogP contribution < -0.4 is 10.1 Å². The first-order chi connectivity index (χ1) is 11.5. The van der Waals surface area contributed by atoms with Crippen molar-refractivity contribution in [1.82, 2.24) is 10.2 Å². The lowest BCUT2D eigenvalue weighted by atomic mass is 10.1. The summed E-state index contributed by atoms with van der Waals surface area (Å²) in [4.78, 5) is 12.0. The summed E-state index contributed by atoms with van der Waals surface area (Å²) in [6.07, 6.45) is -3.86. The minimum Gasteiger partial charge on any atom is -0.495 e. The maximum Gasteiger partial charge on any atom is 0.471 e. The molecule has 0 radical (unpaired) electrons. The van der Waals surface area contributed by atoms with E-state index in [4.69, 9.17) is 4.74 Å². The third kappa shape index (κ3) is 6.25. The zero-order chi connectivity index (χ0) is 19.3. The number of sulfonamides is 1. The van der Waals surface area contributed by atoms with E-state index in [1.165, 1.54) is 30.2 Å². The number of rotatable bonds is 7. The molecule has 0 unspecified atom stereocenters. The number of carbonyl (C=O) groups excluding carboxylic acids is 1. The minimum atomic E-state index is -4.96. The molecule has 1 rings (SSSR count). The van der Waals surface area contributed by atoms with Crippen LogP contribution in [0.1, 0.15) is 5.56 Å². The Morgan fingerprint density at radius 3 is 2.52 bits per heavy atom. The molecule has 25 heavy (non-hydrogen) atoms. The summed E-state index contributed by atoms with van der Waals surface area (Å²) in [5.41, 5.74) is 0.405. The normalized spacial score (nSPS) is 12.2. The second-order valence-corrected chi connectivity index (χ2v) is 6.75. The molecule has 0 saturated heterocycles. The predicted molar refractivity (Wildman–Crippen MR) is 85.1 cm³/mol. The van der Waals surface area contributed by atoms with E-state index in [9.17, 15) is 26.4 Å². The number of hydrogen-bond acceptors (Lipinski definition) is 4. The summed E-state index contributed by atoms with van der Waals surface area (Å²) < 4.78 is 69.4. The van der Waals surface area contributed by atoms with Crippen LogP contribution in [0.3, 0.4) is 0 Å². The van der Waals surface area contributed by atoms with Crippen LogP contribution in [0.25, 0.3) is 0 Å². The smallest absolute Gasteiger partial charge is 0.471 e. The lowest BCUT2D eigenvalue weighted by molar-refractivity contribution is -0.173. The molecule has 0 aliphatic carbocycles. The molecule has 1 aromatic carbocycles. The van der Waals surface area contributed by atoms with Gasteiger partial charge in [-0.2, -0.15) is 21.6 Å². The SMILES string of the molecule is COc1ccc(CCNC(=O)C(F)(F)F)cc1S(=O)(=O)/N=C/N(C)C. The molecule has 0 saturated carbocycles. The number of hydrogen-bond donors (Lipinski definition) is 1. The van der Waals surface area contributed by atoms with Gasteiger partial charge in [0.15, 0.2) is 0 Å². The van der Waals surface area contributed by atoms with Crippen LogP contribution in [0, 0.1) is 0 Å². The molecule has 7 nitrogen and oxygen atoms in total. The third-order valence-corrected chi connectivity index (χ3v) is 4.13. The Balaban J connectivity index is 2.98. The van der Waals surface area contributed by atoms with E-state index < -0.39 is 22.1 Å². The third-order valence-electron chi connectivity index (χ3n) is 2.88. The Bertz CT molecular complexity index is 746. The maximum absolute atomic E-state index is 12.3. The van der Waals surface area contributed by atoms with E-state index in [1.54, 1.807) is 19.4 Å². The van der Waals surface area contributed by atoms with Gasteiger partial charge < -0.3 is 15.0 Å². The van der Waals surface area contributed by atoms with Crippen LogP contribution in [0.4, 0.5) is 13.2 Å². The number of halogens is 3. The summed E-state index contributed by atoms with van der Waals surface area (Å²) in [6.45, 7) is -0.300. The van der Waals surface area contributed by atoms with Gasteiger partial charge >= 0.3 is 12.1 Å². The van der Waals surface area contributed by atoms with Crippen molar-refractivity contribution in [2.75, 3.05) is 27.7 Å². The van der Waals surface area contributed by atoms with Crippen LogP contribution >= 0.6 is 0 Å². The highest BCUT2D eigenvalue weighted by Gasteiger charge is 2.38. The highest BCUT2D eigenvalue weighted by molar-refractivity contribution is 7.90. The summed E-state index contributed by atoms with van der Waals surface area (Å²) in [5, 5.41) is 1.72. The van der Waals surface area contributed by atoms with E-state index in [1.807, 2.05) is 0 Å². The van der Waals surface area contributed by atoms with Crippen molar-refractivity contribution in [1.29, 1.82) is 0 Å². The highest BCUT2D eigenvalue weighted by Crippen LogP contribution is 2.26. The molecule has 0 heterocycles. The fourth-order valence-corrected chi connectivity index (χ4v) is 2.84. The Morgan fingerprint density at radius 2 is 2.00 bits per heavy atom. The number of ether oxygens (including phenoxy) is 1. The Labute approximate surface area is 143 Å². The van der Waals surface area contributed by atoms with Crippen molar-refractivity contribution in [3.63, 3.8) is 0 Å². The van der Waals surface area contributed by atoms with E-state index in [0.29, 0.717) is 5.56 Å². The molecule has 1 aromatic rings. The van der Waals surface area contributed by atoms with Gasteiger partial charge in [-0.05, 0) is 24.1 Å². The Kier molecular flexibility index (Phi) is 6.79. The number of nitrogens with zero attached hydrogens (tertiary/aromatic N) is 2. The summed E-state index contributed by atoms with van der Waals surface area (Å²) in [7, 11) is 0.422. The molecule has 0 atom stereocenters. The van der Waals surface area contributed by atoms with Crippen molar-refractivity contribution in [2.45, 2.75) is 17.5 Å². The summed E-state index contributed by atoms with van der Waals surface area (Å²) >= 11 is 0. The number of benzene rings is 1. The first-order valence-electron chi connectivity index (χ1n) is 6.96. The van der Waals surface area contributed by atoms with E-state index in [-0.39, 0.29) is 23.6 Å². The first kappa shape index (κ1) is 20.7. The topological polar surface area (TPSA) is 88.1 Å². The quantitative estimate of drug-likeness (QED) is 0.566. The van der Waals surface area contributed by atoms with Gasteiger partial charge in [-0.25, -0.2) is 0 Å². The van der Waals surface area contributed by atoms with Crippen LogP contribution in [0.5, 0.6) is 5.75 Å². The van der Waals surface area contributed by atoms with E-state index in [2.05, 4.69) is 4.40 Å². The van der Waals surface area contributed by atoms with Crippen LogP contribution in [0.15, 0.2) is 27.5 Å². The Hall–Kier alpha value is -2.30. The number of amides is 1. The standard InChI is InChI=1S/C14H18F3N3O4S/c1-20(2)9-19-25(22,23)12-8-10(4-5-11(12)24-3)6-7-18-13(21)14(15,16)17/h4-5,8-9H,6-7H2,1-3H3,(H,18,21)/b19-9+. The van der Waals surface area contributed by atoms with Crippen molar-refractivity contribution >= 4 is 22.3 Å². The van der Waals surface area contributed by atoms with Crippen LogP contribution in [0.2, 0.25) is 0 Å². The van der Waals surface area contributed by atoms with Gasteiger partial charge in [0.25, 0.3) is 10.0 Å². The van der Waals surface area contributed by atoms with Gasteiger partial charge in [0.2, 0.25) is 0 Å². The number of nitrogens with one attached hydrogen (secondary N) is 1. The molecule has 0 aliphatic rings. The first-order valence-corrected chi connectivity index (χ1v) is 8.40. The molecule has 1 N–H and O–H groups in total. The van der Waals surface area contributed by atoms with Gasteiger partial charge in [0.1, 0.15) is 17.0 Å². The van der Waals surface area contributed by atoms with Crippen LogP contribution in [-0.2, 0) is 21.2 Å². The van der Waals surface area contributed by atoms with Gasteiger partial charge in [0.05, 0.1) is 7.11 Å². The molecule has 1 amide bonds. The van der Waals surface area contributed by atoms with Crippen molar-refractivity contribution in [2.24, 2.45) is 4.40 Å². The molecular formula is C14H18F3N3O4S. The lowest BCUT2D eigenvalue weighted by Crippen LogP contribution is -2.37. The largest absolute Gasteiger partial charge is 0.495 e. The molecule has 0 aliphatic heterocycles. The molecule has 140 valence electrons. The fourth-order valence-electron chi connectivity index (χ4n) is 1.71. The van der Waals surface area contributed by atoms with Crippen molar-refractivity contribution in [3.05, 3.63) is 23.8 Å². The summed E-state index contributed by atoms with van der Waals surface area (Å²) in [6, 6.07) is 4.12. The minimum absolute atomic E-state index is 0.00568. The van der Waals surface area contributed by atoms with Gasteiger partial charge in [0, 0.05) is 20.6 Å². The summed E-state index contributed by atoms with van der Waals surface area (Å²) in [5.74, 6) is -2.00. The van der Waals surface area contributed by atoms with Gasteiger partial charge in [-0.3, -0.25) is 4.79 Å². The average molecular weight is 381 g/mol. The number of methoxy groups -OCH3 is 1. The average Bonchev–Trinajstić information content (AvgIpc) is 2.52. The second-order valence-electron chi connectivity index (χ2n) is 5.15. The van der Waals surface area contributed by atoms with Crippen molar-refractivity contribution < 1.29 is 31.1 Å². The van der Waals surface area contributed by atoms with Crippen LogP contribution in [-0.4, -0.2) is 59.5 Å². The van der Waals surface area contributed by atoms with E-state index >= 15 is 0 Å². The zero-order valence-corrected chi connectivity index (χ0v) is 14.6. The van der Waals surface area contributed by atoms with Gasteiger partial charge in [-0.15, -0.1) is 4.40 Å². The Morgan fingerprint density at radius 1 is 1.36 bits per heavy atom. The monoisotopic (exact) mass is 381 g/mol. The number of alkyl halides is 3. The van der Waals surface area contributed by atoms with Crippen molar-refractivity contribution in [3.8, 4) is 5.75 Å². The molecular weight excluding hydrogens is 363 g/mol. The zero-order valence-electron chi connectivity index (χ0n) is 13.8. The second kappa shape index (κ2) is 8.19. The molecule has 0 fully saturated rings. The van der Waals surface area contributed by atoms with Gasteiger partial charge in [-0.1, -0.05) is 6.07 Å². The number of carbonyl (C=O) groups is 1. The maximum atomic E-state index is 12.3. The molecule has 11 heteroatoms.